The molecule has 122 valence electrons. The van der Waals surface area contributed by atoms with Crippen molar-refractivity contribution in [2.75, 3.05) is 20.1 Å². The van der Waals surface area contributed by atoms with Crippen LogP contribution in [0.4, 0.5) is 18.0 Å². The molecule has 0 aromatic heterocycles. The lowest BCUT2D eigenvalue weighted by atomic mass is 9.96. The number of carbonyl (C=O) groups is 1. The quantitative estimate of drug-likeness (QED) is 0.808. The van der Waals surface area contributed by atoms with E-state index in [9.17, 15) is 18.0 Å². The van der Waals surface area contributed by atoms with Crippen molar-refractivity contribution in [1.29, 1.82) is 0 Å². The van der Waals surface area contributed by atoms with Gasteiger partial charge in [-0.1, -0.05) is 19.3 Å². The predicted octanol–water partition coefficient (Wildman–Crippen LogP) is 2.60. The number of likely N-dealkylation sites (N-methyl/N-ethyl adjacent to an activating group) is 1. The monoisotopic (exact) mass is 307 g/mol. The Hall–Kier alpha value is -0.980. The highest BCUT2D eigenvalue weighted by Gasteiger charge is 2.48. The van der Waals surface area contributed by atoms with Crippen LogP contribution in [-0.2, 0) is 0 Å². The molecule has 2 fully saturated rings. The van der Waals surface area contributed by atoms with Gasteiger partial charge in [-0.25, -0.2) is 4.79 Å². The summed E-state index contributed by atoms with van der Waals surface area (Å²) in [5.74, 6) is 0. The van der Waals surface area contributed by atoms with Crippen molar-refractivity contribution in [2.24, 2.45) is 0 Å². The molecule has 2 amide bonds. The molecule has 2 rings (SSSR count). The summed E-state index contributed by atoms with van der Waals surface area (Å²) in [7, 11) is 1.47. The van der Waals surface area contributed by atoms with Crippen molar-refractivity contribution in [2.45, 2.75) is 63.3 Å². The zero-order valence-electron chi connectivity index (χ0n) is 12.6. The number of nitrogens with one attached hydrogen (secondary N) is 1. The van der Waals surface area contributed by atoms with Crippen LogP contribution in [0, 0.1) is 0 Å². The van der Waals surface area contributed by atoms with Gasteiger partial charge in [0.1, 0.15) is 6.04 Å². The van der Waals surface area contributed by atoms with Crippen molar-refractivity contribution < 1.29 is 18.0 Å². The van der Waals surface area contributed by atoms with Crippen LogP contribution < -0.4 is 5.32 Å². The molecule has 1 saturated carbocycles. The topological polar surface area (TPSA) is 35.6 Å². The normalized spacial score (nSPS) is 29.5. The van der Waals surface area contributed by atoms with E-state index in [1.165, 1.54) is 23.3 Å². The third kappa shape index (κ3) is 4.02. The maximum atomic E-state index is 13.1. The summed E-state index contributed by atoms with van der Waals surface area (Å²) in [4.78, 5) is 14.8. The Bertz CT molecular complexity index is 369. The number of urea groups is 1. The van der Waals surface area contributed by atoms with Crippen LogP contribution in [0.3, 0.4) is 0 Å². The number of rotatable bonds is 1. The second kappa shape index (κ2) is 6.42. The fourth-order valence-electron chi connectivity index (χ4n) is 3.18. The zero-order valence-corrected chi connectivity index (χ0v) is 12.6. The number of halogens is 3. The van der Waals surface area contributed by atoms with E-state index in [1.54, 1.807) is 6.92 Å². The van der Waals surface area contributed by atoms with Gasteiger partial charge in [-0.15, -0.1) is 0 Å². The first-order valence-corrected chi connectivity index (χ1v) is 7.63. The summed E-state index contributed by atoms with van der Waals surface area (Å²) in [5.41, 5.74) is 0. The molecule has 2 atom stereocenters. The maximum absolute atomic E-state index is 13.1. The van der Waals surface area contributed by atoms with Crippen molar-refractivity contribution in [3.8, 4) is 0 Å². The highest BCUT2D eigenvalue weighted by molar-refractivity contribution is 5.74. The molecule has 2 aliphatic rings. The van der Waals surface area contributed by atoms with Gasteiger partial charge in [0.25, 0.3) is 0 Å². The average molecular weight is 307 g/mol. The molecule has 2 unspecified atom stereocenters. The third-order valence-electron chi connectivity index (χ3n) is 4.66. The fraction of sp³-hybridized carbons (Fsp3) is 0.929. The molecule has 0 aromatic carbocycles. The largest absolute Gasteiger partial charge is 0.405 e. The van der Waals surface area contributed by atoms with Gasteiger partial charge in [-0.2, -0.15) is 13.2 Å². The molecule has 21 heavy (non-hydrogen) atoms. The molecule has 0 spiro atoms. The first-order chi connectivity index (χ1) is 9.79. The molecule has 1 aliphatic carbocycles. The molecule has 0 aromatic rings. The van der Waals surface area contributed by atoms with Crippen molar-refractivity contribution in [3.63, 3.8) is 0 Å². The smallest absolute Gasteiger partial charge is 0.335 e. The number of hydrogen-bond acceptors (Lipinski definition) is 2. The molecule has 1 heterocycles. The lowest BCUT2D eigenvalue weighted by Gasteiger charge is -2.44. The highest BCUT2D eigenvalue weighted by atomic mass is 19.4. The van der Waals surface area contributed by atoms with Gasteiger partial charge in [0.15, 0.2) is 0 Å². The average Bonchev–Trinajstić information content (AvgIpc) is 2.41. The zero-order chi connectivity index (χ0) is 15.6. The number of piperazine rings is 1. The van der Waals surface area contributed by atoms with Gasteiger partial charge in [0.2, 0.25) is 0 Å². The minimum Gasteiger partial charge on any atom is -0.335 e. The first kappa shape index (κ1) is 16.4. The number of carbonyl (C=O) groups excluding carboxylic acids is 1. The van der Waals surface area contributed by atoms with Crippen LogP contribution in [0.1, 0.15) is 39.0 Å². The van der Waals surface area contributed by atoms with Crippen molar-refractivity contribution >= 4 is 6.03 Å². The van der Waals surface area contributed by atoms with E-state index in [0.29, 0.717) is 6.54 Å². The molecule has 1 N–H and O–H groups in total. The Labute approximate surface area is 123 Å². The summed E-state index contributed by atoms with van der Waals surface area (Å²) in [6.07, 6.45) is 0.876. The van der Waals surface area contributed by atoms with Crippen LogP contribution in [-0.4, -0.2) is 60.3 Å². The van der Waals surface area contributed by atoms with Crippen LogP contribution >= 0.6 is 0 Å². The van der Waals surface area contributed by atoms with Crippen LogP contribution in [0.2, 0.25) is 0 Å². The Balaban J connectivity index is 1.97. The van der Waals surface area contributed by atoms with Crippen molar-refractivity contribution in [1.82, 2.24) is 15.1 Å². The summed E-state index contributed by atoms with van der Waals surface area (Å²) < 4.78 is 39.2. The van der Waals surface area contributed by atoms with E-state index in [-0.39, 0.29) is 24.7 Å². The maximum Gasteiger partial charge on any atom is 0.405 e. The third-order valence-corrected chi connectivity index (χ3v) is 4.66. The highest BCUT2D eigenvalue weighted by Crippen LogP contribution is 2.29. The lowest BCUT2D eigenvalue weighted by molar-refractivity contribution is -0.196. The Kier molecular flexibility index (Phi) is 5.01. The van der Waals surface area contributed by atoms with E-state index in [4.69, 9.17) is 0 Å². The van der Waals surface area contributed by atoms with Gasteiger partial charge < -0.3 is 10.2 Å². The minimum absolute atomic E-state index is 0.116. The summed E-state index contributed by atoms with van der Waals surface area (Å²) in [6.45, 7) is 1.77. The summed E-state index contributed by atoms with van der Waals surface area (Å²) in [6, 6.07) is -2.12. The second-order valence-corrected chi connectivity index (χ2v) is 6.26. The number of amides is 2. The number of nitrogens with zero attached hydrogens (tertiary/aromatic N) is 2. The molecular formula is C14H24F3N3O. The summed E-state index contributed by atoms with van der Waals surface area (Å²) >= 11 is 0. The molecule has 0 radical (unpaired) electrons. The van der Waals surface area contributed by atoms with Gasteiger partial charge in [0, 0.05) is 25.2 Å². The van der Waals surface area contributed by atoms with E-state index in [0.717, 1.165) is 25.7 Å². The van der Waals surface area contributed by atoms with Gasteiger partial charge in [-0.05, 0) is 26.8 Å². The Morgan fingerprint density at radius 2 is 1.76 bits per heavy atom. The minimum atomic E-state index is -4.31. The number of hydrogen-bond donors (Lipinski definition) is 1. The van der Waals surface area contributed by atoms with Crippen LogP contribution in [0.5, 0.6) is 0 Å². The van der Waals surface area contributed by atoms with Crippen LogP contribution in [0.15, 0.2) is 0 Å². The molecular weight excluding hydrogens is 283 g/mol. The van der Waals surface area contributed by atoms with Gasteiger partial charge in [-0.3, -0.25) is 4.90 Å². The Morgan fingerprint density at radius 3 is 2.33 bits per heavy atom. The molecule has 4 nitrogen and oxygen atoms in total. The van der Waals surface area contributed by atoms with Crippen LogP contribution in [0.25, 0.3) is 0 Å². The van der Waals surface area contributed by atoms with Crippen molar-refractivity contribution in [3.05, 3.63) is 0 Å². The second-order valence-electron chi connectivity index (χ2n) is 6.26. The lowest BCUT2D eigenvalue weighted by Crippen LogP contribution is -2.63. The standard InChI is InChI=1S/C14H24F3N3O/c1-10-8-20(9-12(19(10)2)14(15,16)17)13(21)18-11-6-4-3-5-7-11/h10-12H,3-9H2,1-2H3,(H,18,21). The molecule has 0 bridgehead atoms. The van der Waals surface area contributed by atoms with Gasteiger partial charge in [0.05, 0.1) is 0 Å². The predicted molar refractivity (Wildman–Crippen MR) is 74.0 cm³/mol. The first-order valence-electron chi connectivity index (χ1n) is 7.63. The van der Waals surface area contributed by atoms with E-state index in [2.05, 4.69) is 5.32 Å². The Morgan fingerprint density at radius 1 is 1.14 bits per heavy atom. The molecule has 1 aliphatic heterocycles. The SMILES string of the molecule is CC1CN(C(=O)NC2CCCCC2)CC(C(F)(F)F)N1C. The summed E-state index contributed by atoms with van der Waals surface area (Å²) in [5, 5.41) is 2.90. The van der Waals surface area contributed by atoms with E-state index < -0.39 is 12.2 Å². The van der Waals surface area contributed by atoms with E-state index >= 15 is 0 Å². The number of alkyl halides is 3. The van der Waals surface area contributed by atoms with Gasteiger partial charge >= 0.3 is 12.2 Å². The fourth-order valence-corrected chi connectivity index (χ4v) is 3.18. The molecule has 1 saturated heterocycles. The van der Waals surface area contributed by atoms with E-state index in [1.807, 2.05) is 0 Å². The molecule has 7 heteroatoms.